The molecule has 1 aromatic heterocycles. The number of hydrogen-bond acceptors (Lipinski definition) is 7. The number of ether oxygens (including phenoxy) is 1. The Morgan fingerprint density at radius 1 is 0.857 bits per heavy atom. The molecule has 2 fully saturated rings. The fourth-order valence-electron chi connectivity index (χ4n) is 5.58. The Bertz CT molecular complexity index is 1620. The number of fused-ring (bicyclic) bond motifs is 1. The first-order valence-corrected chi connectivity index (χ1v) is 14.3. The molecule has 10 heteroatoms. The zero-order valence-corrected chi connectivity index (χ0v) is 23.6. The van der Waals surface area contributed by atoms with Crippen molar-refractivity contribution in [3.63, 3.8) is 0 Å². The molecule has 2 aliphatic heterocycles. The number of hydrogen-bond donors (Lipinski definition) is 1. The van der Waals surface area contributed by atoms with Gasteiger partial charge in [0.1, 0.15) is 11.6 Å². The van der Waals surface area contributed by atoms with E-state index in [9.17, 15) is 14.0 Å². The van der Waals surface area contributed by atoms with Crippen molar-refractivity contribution < 1.29 is 18.7 Å². The number of nitrogens with one attached hydrogen (secondary N) is 1. The van der Waals surface area contributed by atoms with E-state index in [2.05, 4.69) is 20.2 Å². The van der Waals surface area contributed by atoms with E-state index in [1.165, 1.54) is 18.6 Å². The van der Waals surface area contributed by atoms with Crippen molar-refractivity contribution in [2.24, 2.45) is 0 Å². The van der Waals surface area contributed by atoms with E-state index >= 15 is 0 Å². The first kappa shape index (κ1) is 27.4. The lowest BCUT2D eigenvalue weighted by Gasteiger charge is -2.34. The van der Waals surface area contributed by atoms with Gasteiger partial charge in [-0.15, -0.1) is 0 Å². The van der Waals surface area contributed by atoms with Crippen LogP contribution >= 0.6 is 0 Å². The molecule has 42 heavy (non-hydrogen) atoms. The van der Waals surface area contributed by atoms with E-state index in [0.717, 1.165) is 42.4 Å². The van der Waals surface area contributed by atoms with Gasteiger partial charge in [0.15, 0.2) is 0 Å². The van der Waals surface area contributed by atoms with Crippen LogP contribution in [-0.4, -0.2) is 66.0 Å². The first-order chi connectivity index (χ1) is 20.4. The Balaban J connectivity index is 1.21. The molecule has 2 amide bonds. The second-order valence-electron chi connectivity index (χ2n) is 10.6. The number of carbonyl (C=O) groups excluding carboxylic acids is 2. The largest absolute Gasteiger partial charge is 0.438 e. The third-order valence-corrected chi connectivity index (χ3v) is 7.84. The quantitative estimate of drug-likeness (QED) is 0.330. The number of piperidine rings is 1. The second-order valence-corrected chi connectivity index (χ2v) is 10.6. The molecule has 0 unspecified atom stereocenters. The molecule has 0 spiro atoms. The summed E-state index contributed by atoms with van der Waals surface area (Å²) in [4.78, 5) is 40.0. The third kappa shape index (κ3) is 5.97. The molecule has 3 heterocycles. The Labute approximate surface area is 243 Å². The standard InChI is InChI=1S/C32H33FN6O3/c1-22(40)37-15-17-39(18-16-37)32-34-12-11-30(36-32)42-29-10-9-28(26-7-3-4-8-27(26)29)35-31(41)23-19-24(33)21-25(20-23)38-13-5-2-6-14-38/h3-4,7-12,19-21H,2,5-6,13-18H2,1H3,(H,35,41). The molecule has 0 bridgehead atoms. The Morgan fingerprint density at radius 3 is 2.38 bits per heavy atom. The van der Waals surface area contributed by atoms with Crippen LogP contribution in [0, 0.1) is 5.82 Å². The van der Waals surface area contributed by atoms with Crippen LogP contribution in [0.4, 0.5) is 21.7 Å². The van der Waals surface area contributed by atoms with Crippen LogP contribution in [0.5, 0.6) is 11.6 Å². The summed E-state index contributed by atoms with van der Waals surface area (Å²) in [5.74, 6) is 0.771. The van der Waals surface area contributed by atoms with E-state index in [4.69, 9.17) is 4.74 Å². The van der Waals surface area contributed by atoms with Gasteiger partial charge >= 0.3 is 0 Å². The molecule has 0 saturated carbocycles. The summed E-state index contributed by atoms with van der Waals surface area (Å²) in [5.41, 5.74) is 1.61. The smallest absolute Gasteiger partial charge is 0.255 e. The van der Waals surface area contributed by atoms with Gasteiger partial charge < -0.3 is 24.8 Å². The van der Waals surface area contributed by atoms with Gasteiger partial charge in [0, 0.05) is 86.2 Å². The summed E-state index contributed by atoms with van der Waals surface area (Å²) in [6, 6.07) is 17.4. The van der Waals surface area contributed by atoms with Gasteiger partial charge in [-0.05, 0) is 49.6 Å². The molecule has 6 rings (SSSR count). The maximum atomic E-state index is 14.5. The second kappa shape index (κ2) is 12.0. The number of amides is 2. The maximum Gasteiger partial charge on any atom is 0.255 e. The molecule has 4 aromatic rings. The van der Waals surface area contributed by atoms with Crippen molar-refractivity contribution in [2.75, 3.05) is 54.4 Å². The van der Waals surface area contributed by atoms with Crippen molar-refractivity contribution in [1.29, 1.82) is 0 Å². The first-order valence-electron chi connectivity index (χ1n) is 14.3. The van der Waals surface area contributed by atoms with Gasteiger partial charge in [0.2, 0.25) is 17.7 Å². The molecule has 2 aliphatic rings. The molecule has 1 N–H and O–H groups in total. The van der Waals surface area contributed by atoms with Gasteiger partial charge in [-0.3, -0.25) is 9.59 Å². The minimum absolute atomic E-state index is 0.0669. The van der Waals surface area contributed by atoms with Crippen LogP contribution in [0.15, 0.2) is 66.9 Å². The van der Waals surface area contributed by atoms with Crippen LogP contribution in [-0.2, 0) is 4.79 Å². The molecule has 3 aromatic carbocycles. The van der Waals surface area contributed by atoms with Crippen molar-refractivity contribution in [1.82, 2.24) is 14.9 Å². The van der Waals surface area contributed by atoms with E-state index in [1.54, 1.807) is 37.4 Å². The Morgan fingerprint density at radius 2 is 1.62 bits per heavy atom. The van der Waals surface area contributed by atoms with Crippen LogP contribution in [0.1, 0.15) is 36.5 Å². The molecule has 9 nitrogen and oxygen atoms in total. The van der Waals surface area contributed by atoms with Crippen LogP contribution in [0.2, 0.25) is 0 Å². The number of carbonyl (C=O) groups is 2. The average Bonchev–Trinajstić information content (AvgIpc) is 3.02. The van der Waals surface area contributed by atoms with Crippen molar-refractivity contribution in [3.05, 3.63) is 78.2 Å². The summed E-state index contributed by atoms with van der Waals surface area (Å²) in [7, 11) is 0. The van der Waals surface area contributed by atoms with E-state index in [-0.39, 0.29) is 17.4 Å². The number of piperazine rings is 1. The summed E-state index contributed by atoms with van der Waals surface area (Å²) < 4.78 is 20.8. The number of aromatic nitrogens is 2. The average molecular weight is 569 g/mol. The lowest BCUT2D eigenvalue weighted by atomic mass is 10.1. The highest BCUT2D eigenvalue weighted by Crippen LogP contribution is 2.35. The van der Waals surface area contributed by atoms with Gasteiger partial charge in [-0.25, -0.2) is 9.37 Å². The third-order valence-electron chi connectivity index (χ3n) is 7.84. The predicted molar refractivity (Wildman–Crippen MR) is 161 cm³/mol. The zero-order valence-electron chi connectivity index (χ0n) is 23.6. The lowest BCUT2D eigenvalue weighted by molar-refractivity contribution is -0.129. The molecule has 0 atom stereocenters. The monoisotopic (exact) mass is 568 g/mol. The molecular weight excluding hydrogens is 535 g/mol. The van der Waals surface area contributed by atoms with Crippen molar-refractivity contribution in [2.45, 2.75) is 26.2 Å². The van der Waals surface area contributed by atoms with Crippen LogP contribution in [0.3, 0.4) is 0 Å². The number of nitrogens with zero attached hydrogens (tertiary/aromatic N) is 5. The minimum Gasteiger partial charge on any atom is -0.438 e. The lowest BCUT2D eigenvalue weighted by Crippen LogP contribution is -2.48. The summed E-state index contributed by atoms with van der Waals surface area (Å²) >= 11 is 0. The molecular formula is C32H33FN6O3. The van der Waals surface area contributed by atoms with Crippen molar-refractivity contribution in [3.8, 4) is 11.6 Å². The Hall–Kier alpha value is -4.73. The number of halogens is 1. The number of anilines is 3. The predicted octanol–water partition coefficient (Wildman–Crippen LogP) is 5.47. The molecule has 0 aliphatic carbocycles. The van der Waals surface area contributed by atoms with Gasteiger partial charge in [-0.2, -0.15) is 4.98 Å². The summed E-state index contributed by atoms with van der Waals surface area (Å²) in [6.45, 7) is 5.83. The normalized spacial score (nSPS) is 15.5. The molecule has 0 radical (unpaired) electrons. The highest BCUT2D eigenvalue weighted by Gasteiger charge is 2.21. The fourth-order valence-corrected chi connectivity index (χ4v) is 5.58. The number of benzene rings is 3. The minimum atomic E-state index is -0.429. The van der Waals surface area contributed by atoms with Crippen molar-refractivity contribution >= 4 is 39.9 Å². The van der Waals surface area contributed by atoms with Gasteiger partial charge in [-0.1, -0.05) is 24.3 Å². The molecule has 216 valence electrons. The Kier molecular flexibility index (Phi) is 7.85. The van der Waals surface area contributed by atoms with E-state index in [0.29, 0.717) is 49.4 Å². The fraction of sp³-hybridized carbons (Fsp3) is 0.312. The summed E-state index contributed by atoms with van der Waals surface area (Å²) in [5, 5.41) is 4.55. The topological polar surface area (TPSA) is 90.9 Å². The summed E-state index contributed by atoms with van der Waals surface area (Å²) in [6.07, 6.45) is 4.95. The van der Waals surface area contributed by atoms with Gasteiger partial charge in [0.05, 0.1) is 0 Å². The molecule has 2 saturated heterocycles. The van der Waals surface area contributed by atoms with E-state index in [1.807, 2.05) is 34.1 Å². The highest BCUT2D eigenvalue weighted by atomic mass is 19.1. The maximum absolute atomic E-state index is 14.5. The van der Waals surface area contributed by atoms with Gasteiger partial charge in [0.25, 0.3) is 5.91 Å². The van der Waals surface area contributed by atoms with E-state index < -0.39 is 5.82 Å². The number of rotatable bonds is 6. The SMILES string of the molecule is CC(=O)N1CCN(c2nccc(Oc3ccc(NC(=O)c4cc(F)cc(N5CCCCC5)c4)c4ccccc34)n2)CC1. The zero-order chi connectivity index (χ0) is 29.1. The highest BCUT2D eigenvalue weighted by molar-refractivity contribution is 6.10. The van der Waals surface area contributed by atoms with Crippen LogP contribution < -0.4 is 19.9 Å². The van der Waals surface area contributed by atoms with Crippen LogP contribution in [0.25, 0.3) is 10.8 Å².